The third-order valence-corrected chi connectivity index (χ3v) is 4.80. The summed E-state index contributed by atoms with van der Waals surface area (Å²) in [6, 6.07) is 8.16. The number of piperazine rings is 1. The second-order valence-corrected chi connectivity index (χ2v) is 6.32. The molecule has 2 aliphatic heterocycles. The Labute approximate surface area is 143 Å². The molecule has 3 rings (SSSR count). The molecule has 24 heavy (non-hydrogen) atoms. The van der Waals surface area contributed by atoms with Crippen LogP contribution < -0.4 is 9.64 Å². The van der Waals surface area contributed by atoms with Gasteiger partial charge in [0.25, 0.3) is 0 Å². The van der Waals surface area contributed by atoms with Crippen LogP contribution >= 0.6 is 0 Å². The minimum atomic E-state index is -0.0113. The fourth-order valence-electron chi connectivity index (χ4n) is 3.36. The van der Waals surface area contributed by atoms with Gasteiger partial charge < -0.3 is 9.64 Å². The minimum Gasteiger partial charge on any atom is -0.497 e. The van der Waals surface area contributed by atoms with Crippen molar-refractivity contribution in [1.82, 2.24) is 9.80 Å². The van der Waals surface area contributed by atoms with Gasteiger partial charge in [0, 0.05) is 57.3 Å². The summed E-state index contributed by atoms with van der Waals surface area (Å²) in [6.45, 7) is 5.46. The van der Waals surface area contributed by atoms with E-state index in [1.165, 1.54) is 10.6 Å². The summed E-state index contributed by atoms with van der Waals surface area (Å²) in [6.07, 6.45) is 1.63. The van der Waals surface area contributed by atoms with Crippen LogP contribution in [0.15, 0.2) is 24.3 Å². The van der Waals surface area contributed by atoms with E-state index in [4.69, 9.17) is 4.74 Å². The van der Waals surface area contributed by atoms with Crippen LogP contribution in [0, 0.1) is 0 Å². The van der Waals surface area contributed by atoms with Crippen molar-refractivity contribution in [3.63, 3.8) is 0 Å². The summed E-state index contributed by atoms with van der Waals surface area (Å²) in [5.41, 5.74) is 1.20. The van der Waals surface area contributed by atoms with Crippen LogP contribution in [0.25, 0.3) is 0 Å². The Morgan fingerprint density at radius 1 is 1.00 bits per heavy atom. The number of anilines is 1. The summed E-state index contributed by atoms with van der Waals surface area (Å²) in [4.78, 5) is 29.4. The van der Waals surface area contributed by atoms with Crippen LogP contribution in [0.1, 0.15) is 19.3 Å². The van der Waals surface area contributed by atoms with Crippen molar-refractivity contribution in [2.75, 3.05) is 51.3 Å². The number of nitrogens with zero attached hydrogens (tertiary/aromatic N) is 3. The Hall–Kier alpha value is -2.08. The predicted molar refractivity (Wildman–Crippen MR) is 92.2 cm³/mol. The highest BCUT2D eigenvalue weighted by atomic mass is 16.5. The Bertz CT molecular complexity index is 581. The number of ether oxygens (including phenoxy) is 1. The zero-order valence-electron chi connectivity index (χ0n) is 14.2. The predicted octanol–water partition coefficient (Wildman–Crippen LogP) is 1.36. The van der Waals surface area contributed by atoms with E-state index in [0.29, 0.717) is 19.4 Å². The number of carbonyl (C=O) groups excluding carboxylic acids is 2. The smallest absolute Gasteiger partial charge is 0.229 e. The summed E-state index contributed by atoms with van der Waals surface area (Å²) in [5.74, 6) is 0.862. The average Bonchev–Trinajstić information content (AvgIpc) is 2.94. The van der Waals surface area contributed by atoms with E-state index >= 15 is 0 Å². The molecular weight excluding hydrogens is 306 g/mol. The van der Waals surface area contributed by atoms with Gasteiger partial charge in [-0.2, -0.15) is 0 Å². The van der Waals surface area contributed by atoms with Crippen molar-refractivity contribution in [3.8, 4) is 5.75 Å². The van der Waals surface area contributed by atoms with E-state index in [2.05, 4.69) is 21.9 Å². The number of rotatable bonds is 6. The lowest BCUT2D eigenvalue weighted by molar-refractivity contribution is -0.138. The van der Waals surface area contributed by atoms with Crippen LogP contribution in [0.2, 0.25) is 0 Å². The van der Waals surface area contributed by atoms with Crippen LogP contribution in [0.3, 0.4) is 0 Å². The van der Waals surface area contributed by atoms with Crippen molar-refractivity contribution in [2.24, 2.45) is 0 Å². The second-order valence-electron chi connectivity index (χ2n) is 6.32. The molecule has 6 heteroatoms. The molecule has 0 saturated carbocycles. The molecule has 0 atom stereocenters. The molecule has 0 radical (unpaired) electrons. The largest absolute Gasteiger partial charge is 0.497 e. The van der Waals surface area contributed by atoms with Gasteiger partial charge in [0.15, 0.2) is 0 Å². The second kappa shape index (κ2) is 7.66. The maximum Gasteiger partial charge on any atom is 0.229 e. The molecule has 2 aliphatic rings. The van der Waals surface area contributed by atoms with E-state index in [0.717, 1.165) is 44.9 Å². The SMILES string of the molecule is COc1cccc(N2CCN(CCCN3C(=O)CCC3=O)CC2)c1. The molecular formula is C18H25N3O3. The molecule has 2 amide bonds. The van der Waals surface area contributed by atoms with Crippen LogP contribution in [-0.4, -0.2) is 68.0 Å². The molecule has 0 spiro atoms. The van der Waals surface area contributed by atoms with Crippen molar-refractivity contribution in [3.05, 3.63) is 24.3 Å². The Kier molecular flexibility index (Phi) is 5.35. The zero-order valence-corrected chi connectivity index (χ0v) is 14.2. The van der Waals surface area contributed by atoms with E-state index in [1.54, 1.807) is 7.11 Å². The monoisotopic (exact) mass is 331 g/mol. The average molecular weight is 331 g/mol. The third kappa shape index (κ3) is 3.87. The first-order chi connectivity index (χ1) is 11.7. The summed E-state index contributed by atoms with van der Waals surface area (Å²) < 4.78 is 5.29. The molecule has 1 aromatic rings. The molecule has 2 fully saturated rings. The van der Waals surface area contributed by atoms with Crippen LogP contribution in [0.5, 0.6) is 5.75 Å². The zero-order chi connectivity index (χ0) is 16.9. The van der Waals surface area contributed by atoms with E-state index < -0.39 is 0 Å². The first-order valence-corrected chi connectivity index (χ1v) is 8.62. The van der Waals surface area contributed by atoms with E-state index in [-0.39, 0.29) is 11.8 Å². The molecule has 1 aromatic carbocycles. The Morgan fingerprint density at radius 3 is 2.38 bits per heavy atom. The molecule has 0 N–H and O–H groups in total. The molecule has 2 heterocycles. The van der Waals surface area contributed by atoms with Gasteiger partial charge in [-0.05, 0) is 25.1 Å². The van der Waals surface area contributed by atoms with Gasteiger partial charge in [-0.15, -0.1) is 0 Å². The molecule has 0 aliphatic carbocycles. The number of benzene rings is 1. The fourth-order valence-corrected chi connectivity index (χ4v) is 3.36. The molecule has 0 bridgehead atoms. The normalized spacial score (nSPS) is 19.2. The standard InChI is InChI=1S/C18H25N3O3/c1-24-16-5-2-4-15(14-16)20-12-10-19(11-13-20)8-3-9-21-17(22)6-7-18(21)23/h2,4-5,14H,3,6-13H2,1H3. The van der Waals surface area contributed by atoms with Gasteiger partial charge in [-0.1, -0.05) is 6.07 Å². The van der Waals surface area contributed by atoms with Gasteiger partial charge in [0.1, 0.15) is 5.75 Å². The lowest BCUT2D eigenvalue weighted by Gasteiger charge is -2.36. The van der Waals surface area contributed by atoms with Crippen LogP contribution in [-0.2, 0) is 9.59 Å². The molecule has 2 saturated heterocycles. The quantitative estimate of drug-likeness (QED) is 0.737. The van der Waals surface area contributed by atoms with Gasteiger partial charge in [0.05, 0.1) is 7.11 Å². The van der Waals surface area contributed by atoms with Gasteiger partial charge in [0.2, 0.25) is 11.8 Å². The van der Waals surface area contributed by atoms with Crippen molar-refractivity contribution in [2.45, 2.75) is 19.3 Å². The van der Waals surface area contributed by atoms with E-state index in [1.807, 2.05) is 12.1 Å². The number of methoxy groups -OCH3 is 1. The minimum absolute atomic E-state index is 0.0113. The van der Waals surface area contributed by atoms with Crippen molar-refractivity contribution >= 4 is 17.5 Å². The maximum atomic E-state index is 11.6. The Morgan fingerprint density at radius 2 is 1.71 bits per heavy atom. The molecule has 6 nitrogen and oxygen atoms in total. The topological polar surface area (TPSA) is 53.1 Å². The van der Waals surface area contributed by atoms with Gasteiger partial charge in [-0.3, -0.25) is 19.4 Å². The molecule has 130 valence electrons. The fraction of sp³-hybridized carbons (Fsp3) is 0.556. The molecule has 0 unspecified atom stereocenters. The Balaban J connectivity index is 1.42. The van der Waals surface area contributed by atoms with Crippen molar-refractivity contribution in [1.29, 1.82) is 0 Å². The number of amides is 2. The van der Waals surface area contributed by atoms with Gasteiger partial charge in [-0.25, -0.2) is 0 Å². The molecule has 0 aromatic heterocycles. The lowest BCUT2D eigenvalue weighted by atomic mass is 10.2. The van der Waals surface area contributed by atoms with E-state index in [9.17, 15) is 9.59 Å². The summed E-state index contributed by atoms with van der Waals surface area (Å²) in [5, 5.41) is 0. The highest BCUT2D eigenvalue weighted by molar-refractivity contribution is 6.01. The summed E-state index contributed by atoms with van der Waals surface area (Å²) >= 11 is 0. The number of likely N-dealkylation sites (tertiary alicyclic amines) is 1. The summed E-state index contributed by atoms with van der Waals surface area (Å²) in [7, 11) is 1.69. The van der Waals surface area contributed by atoms with Crippen LogP contribution in [0.4, 0.5) is 5.69 Å². The number of carbonyl (C=O) groups is 2. The number of hydrogen-bond donors (Lipinski definition) is 0. The first-order valence-electron chi connectivity index (χ1n) is 8.62. The number of imide groups is 1. The van der Waals surface area contributed by atoms with Crippen molar-refractivity contribution < 1.29 is 14.3 Å². The number of hydrogen-bond acceptors (Lipinski definition) is 5. The highest BCUT2D eigenvalue weighted by Crippen LogP contribution is 2.22. The maximum absolute atomic E-state index is 11.6. The lowest BCUT2D eigenvalue weighted by Crippen LogP contribution is -2.47. The highest BCUT2D eigenvalue weighted by Gasteiger charge is 2.28. The first kappa shape index (κ1) is 16.8. The van der Waals surface area contributed by atoms with Gasteiger partial charge >= 0.3 is 0 Å². The third-order valence-electron chi connectivity index (χ3n) is 4.80.